The van der Waals surface area contributed by atoms with Gasteiger partial charge in [-0.15, -0.1) is 0 Å². The molecule has 6 heteroatoms. The summed E-state index contributed by atoms with van der Waals surface area (Å²) in [4.78, 5) is -1.05. The Hall–Kier alpha value is -0.230. The molecule has 0 aromatic heterocycles. The quantitative estimate of drug-likeness (QED) is 0.373. The van der Waals surface area contributed by atoms with Gasteiger partial charge in [-0.3, -0.25) is 5.41 Å². The van der Waals surface area contributed by atoms with Gasteiger partial charge in [0.05, 0.1) is 4.87 Å². The van der Waals surface area contributed by atoms with Crippen molar-refractivity contribution in [2.75, 3.05) is 0 Å². The van der Waals surface area contributed by atoms with E-state index in [-0.39, 0.29) is 0 Å². The molecule has 0 fully saturated rings. The van der Waals surface area contributed by atoms with Crippen LogP contribution in [0.25, 0.3) is 0 Å². The summed E-state index contributed by atoms with van der Waals surface area (Å²) in [6.07, 6.45) is -4.57. The van der Waals surface area contributed by atoms with E-state index in [1.165, 1.54) is 13.8 Å². The summed E-state index contributed by atoms with van der Waals surface area (Å²) in [7, 11) is 0. The van der Waals surface area contributed by atoms with Gasteiger partial charge in [-0.2, -0.15) is 13.2 Å². The second-order valence-corrected chi connectivity index (χ2v) is 4.20. The number of halogens is 3. The molecule has 0 aromatic rings. The number of nitrogens with two attached hydrogens (primary N) is 1. The molecule has 0 saturated carbocycles. The molecule has 0 aliphatic carbocycles. The van der Waals surface area contributed by atoms with Crippen molar-refractivity contribution in [2.45, 2.75) is 24.9 Å². The average Bonchev–Trinajstić information content (AvgIpc) is 1.56. The van der Waals surface area contributed by atoms with Crippen molar-refractivity contribution in [3.8, 4) is 0 Å². The van der Waals surface area contributed by atoms with Gasteiger partial charge in [0.2, 0.25) is 0 Å². The SMILES string of the molecule is CC(C)(N)SC(=N)C(F)(F)F. The fourth-order valence-electron chi connectivity index (χ4n) is 0.321. The first-order chi connectivity index (χ1) is 4.63. The van der Waals surface area contributed by atoms with Crippen LogP contribution >= 0.6 is 11.8 Å². The van der Waals surface area contributed by atoms with Crippen LogP contribution in [0.4, 0.5) is 13.2 Å². The Morgan fingerprint density at radius 1 is 1.36 bits per heavy atom. The molecule has 0 atom stereocenters. The highest BCUT2D eigenvalue weighted by Gasteiger charge is 2.37. The van der Waals surface area contributed by atoms with Gasteiger partial charge in [0.25, 0.3) is 0 Å². The maximum Gasteiger partial charge on any atom is 0.438 e. The zero-order valence-corrected chi connectivity index (χ0v) is 6.94. The smallest absolute Gasteiger partial charge is 0.317 e. The first kappa shape index (κ1) is 10.8. The van der Waals surface area contributed by atoms with Gasteiger partial charge in [-0.05, 0) is 13.8 Å². The molecule has 0 saturated heterocycles. The van der Waals surface area contributed by atoms with E-state index in [0.717, 1.165) is 0 Å². The zero-order valence-electron chi connectivity index (χ0n) is 6.12. The van der Waals surface area contributed by atoms with Crippen LogP contribution < -0.4 is 5.73 Å². The summed E-state index contributed by atoms with van der Waals surface area (Å²) in [5.41, 5.74) is 5.26. The Labute approximate surface area is 66.8 Å². The minimum Gasteiger partial charge on any atom is -0.317 e. The fourth-order valence-corrected chi connectivity index (χ4v) is 0.963. The Bertz CT molecular complexity index is 158. The average molecular weight is 186 g/mol. The Kier molecular flexibility index (Phi) is 2.96. The van der Waals surface area contributed by atoms with Crippen LogP contribution in [0, 0.1) is 5.41 Å². The van der Waals surface area contributed by atoms with Crippen molar-refractivity contribution in [3.05, 3.63) is 0 Å². The third-order valence-corrected chi connectivity index (χ3v) is 1.58. The molecule has 66 valence electrons. The Morgan fingerprint density at radius 3 is 1.82 bits per heavy atom. The third kappa shape index (κ3) is 5.09. The normalized spacial score (nSPS) is 13.3. The highest BCUT2D eigenvalue weighted by atomic mass is 32.2. The lowest BCUT2D eigenvalue weighted by atomic mass is 10.4. The molecule has 0 amide bonds. The molecule has 3 N–H and O–H groups in total. The van der Waals surface area contributed by atoms with Crippen molar-refractivity contribution in [2.24, 2.45) is 5.73 Å². The molecular weight excluding hydrogens is 177 g/mol. The molecule has 0 aliphatic rings. The number of thioether (sulfide) groups is 1. The van der Waals surface area contributed by atoms with E-state index in [2.05, 4.69) is 0 Å². The van der Waals surface area contributed by atoms with E-state index in [4.69, 9.17) is 11.1 Å². The molecule has 0 rings (SSSR count). The Balaban J connectivity index is 4.11. The van der Waals surface area contributed by atoms with Gasteiger partial charge in [0, 0.05) is 0 Å². The molecule has 0 aromatic carbocycles. The number of rotatable bonds is 1. The van der Waals surface area contributed by atoms with Crippen LogP contribution in [0.3, 0.4) is 0 Å². The highest BCUT2D eigenvalue weighted by molar-refractivity contribution is 8.15. The lowest BCUT2D eigenvalue weighted by Crippen LogP contribution is -2.33. The first-order valence-electron chi connectivity index (χ1n) is 2.76. The van der Waals surface area contributed by atoms with Crippen LogP contribution in [-0.4, -0.2) is 16.1 Å². The zero-order chi connectivity index (χ0) is 9.28. The van der Waals surface area contributed by atoms with Crippen molar-refractivity contribution in [1.29, 1.82) is 5.41 Å². The van der Waals surface area contributed by atoms with Crippen molar-refractivity contribution in [1.82, 2.24) is 0 Å². The lowest BCUT2D eigenvalue weighted by Gasteiger charge is -2.18. The molecule has 0 spiro atoms. The topological polar surface area (TPSA) is 49.9 Å². The predicted octanol–water partition coefficient (Wildman–Crippen LogP) is 1.95. The first-order valence-corrected chi connectivity index (χ1v) is 3.58. The summed E-state index contributed by atoms with van der Waals surface area (Å²) < 4.78 is 35.0. The second-order valence-electron chi connectivity index (χ2n) is 2.53. The van der Waals surface area contributed by atoms with Gasteiger partial charge < -0.3 is 5.73 Å². The Morgan fingerprint density at radius 2 is 1.73 bits per heavy atom. The molecule has 0 unspecified atom stereocenters. The minimum absolute atomic E-state index is 0.300. The third-order valence-electron chi connectivity index (χ3n) is 0.623. The van der Waals surface area contributed by atoms with Gasteiger partial charge in [0.15, 0.2) is 5.04 Å². The van der Waals surface area contributed by atoms with Gasteiger partial charge in [-0.25, -0.2) is 0 Å². The van der Waals surface area contributed by atoms with Crippen LogP contribution in [0.1, 0.15) is 13.8 Å². The molecule has 0 heterocycles. The summed E-state index contributed by atoms with van der Waals surface area (Å²) in [5, 5.41) is 5.20. The predicted molar refractivity (Wildman–Crippen MR) is 39.6 cm³/mol. The summed E-state index contributed by atoms with van der Waals surface area (Å²) in [5.74, 6) is 0. The molecule has 2 nitrogen and oxygen atoms in total. The van der Waals surface area contributed by atoms with E-state index in [9.17, 15) is 13.2 Å². The van der Waals surface area contributed by atoms with Crippen LogP contribution in [0.15, 0.2) is 0 Å². The van der Waals surface area contributed by atoms with Gasteiger partial charge >= 0.3 is 6.18 Å². The van der Waals surface area contributed by atoms with E-state index < -0.39 is 16.1 Å². The van der Waals surface area contributed by atoms with Crippen LogP contribution in [0.2, 0.25) is 0 Å². The van der Waals surface area contributed by atoms with Crippen molar-refractivity contribution >= 4 is 16.8 Å². The molecule has 0 aliphatic heterocycles. The maximum absolute atomic E-state index is 11.7. The number of hydrogen-bond acceptors (Lipinski definition) is 3. The summed E-state index contributed by atoms with van der Waals surface area (Å²) >= 11 is 0.300. The minimum atomic E-state index is -4.57. The largest absolute Gasteiger partial charge is 0.438 e. The summed E-state index contributed by atoms with van der Waals surface area (Å²) in [6.45, 7) is 2.83. The standard InChI is InChI=1S/C5H9F3N2S/c1-4(2,10)11-3(9)5(6,7)8/h9H,10H2,1-2H3. The van der Waals surface area contributed by atoms with Crippen LogP contribution in [-0.2, 0) is 0 Å². The maximum atomic E-state index is 11.7. The van der Waals surface area contributed by atoms with Crippen molar-refractivity contribution in [3.63, 3.8) is 0 Å². The van der Waals surface area contributed by atoms with Gasteiger partial charge in [0.1, 0.15) is 0 Å². The fraction of sp³-hybridized carbons (Fsp3) is 0.800. The molecule has 11 heavy (non-hydrogen) atoms. The second kappa shape index (κ2) is 3.02. The monoisotopic (exact) mass is 186 g/mol. The molecule has 0 radical (unpaired) electrons. The molecular formula is C5H9F3N2S. The van der Waals surface area contributed by atoms with Gasteiger partial charge in [-0.1, -0.05) is 11.8 Å². The number of alkyl halides is 3. The van der Waals surface area contributed by atoms with Crippen molar-refractivity contribution < 1.29 is 13.2 Å². The van der Waals surface area contributed by atoms with E-state index in [1.807, 2.05) is 0 Å². The lowest BCUT2D eigenvalue weighted by molar-refractivity contribution is -0.0561. The highest BCUT2D eigenvalue weighted by Crippen LogP contribution is 2.29. The van der Waals surface area contributed by atoms with E-state index in [1.54, 1.807) is 0 Å². The van der Waals surface area contributed by atoms with Crippen LogP contribution in [0.5, 0.6) is 0 Å². The van der Waals surface area contributed by atoms with E-state index >= 15 is 0 Å². The molecule has 0 bridgehead atoms. The summed E-state index contributed by atoms with van der Waals surface area (Å²) in [6, 6.07) is 0. The number of hydrogen-bond donors (Lipinski definition) is 2. The van der Waals surface area contributed by atoms with E-state index in [0.29, 0.717) is 11.8 Å². The number of nitrogens with one attached hydrogen (secondary N) is 1.